The number of aliphatic imine (C=N–C) groups is 1. The summed E-state index contributed by atoms with van der Waals surface area (Å²) >= 11 is 1.85. The summed E-state index contributed by atoms with van der Waals surface area (Å²) in [5.41, 5.74) is 2.45. The highest BCUT2D eigenvalue weighted by Gasteiger charge is 2.02. The molecule has 0 aliphatic heterocycles. The number of benzene rings is 1. The number of nitrogens with zero attached hydrogens (tertiary/aromatic N) is 2. The number of nitrogens with one attached hydrogen (secondary N) is 2. The predicted octanol–water partition coefficient (Wildman–Crippen LogP) is 3.24. The van der Waals surface area contributed by atoms with Crippen LogP contribution < -0.4 is 15.5 Å². The molecule has 0 aliphatic carbocycles. The summed E-state index contributed by atoms with van der Waals surface area (Å²) in [5, 5.41) is 6.74. The number of anilines is 1. The van der Waals surface area contributed by atoms with Gasteiger partial charge in [0.15, 0.2) is 5.96 Å². The molecule has 0 atom stereocenters. The van der Waals surface area contributed by atoms with Gasteiger partial charge in [-0.25, -0.2) is 0 Å². The van der Waals surface area contributed by atoms with E-state index in [4.69, 9.17) is 0 Å². The number of aryl methyl sites for hydroxylation is 1. The predicted molar refractivity (Wildman–Crippen MR) is 102 cm³/mol. The summed E-state index contributed by atoms with van der Waals surface area (Å²) in [6.45, 7) is 3.75. The van der Waals surface area contributed by atoms with Crippen molar-refractivity contribution in [3.63, 3.8) is 0 Å². The molecule has 0 saturated heterocycles. The molecule has 2 rings (SSSR count). The van der Waals surface area contributed by atoms with Crippen LogP contribution in [0.1, 0.15) is 22.2 Å². The van der Waals surface area contributed by atoms with Crippen LogP contribution in [0.3, 0.4) is 0 Å². The molecule has 4 nitrogen and oxygen atoms in total. The largest absolute Gasteiger partial charge is 0.378 e. The maximum Gasteiger partial charge on any atom is 0.191 e. The van der Waals surface area contributed by atoms with Crippen LogP contribution in [0.15, 0.2) is 41.4 Å². The van der Waals surface area contributed by atoms with Gasteiger partial charge in [-0.05, 0) is 36.2 Å². The smallest absolute Gasteiger partial charge is 0.191 e. The van der Waals surface area contributed by atoms with Crippen LogP contribution in [0.2, 0.25) is 0 Å². The minimum absolute atomic E-state index is 0.756. The van der Waals surface area contributed by atoms with E-state index in [2.05, 4.69) is 77.9 Å². The van der Waals surface area contributed by atoms with E-state index >= 15 is 0 Å². The van der Waals surface area contributed by atoms with Crippen LogP contribution in [0.25, 0.3) is 0 Å². The lowest BCUT2D eigenvalue weighted by Crippen LogP contribution is -2.36. The van der Waals surface area contributed by atoms with E-state index in [1.165, 1.54) is 21.0 Å². The number of hydrogen-bond acceptors (Lipinski definition) is 3. The Hall–Kier alpha value is -2.01. The molecule has 0 fully saturated rings. The third-order valence-corrected chi connectivity index (χ3v) is 4.84. The van der Waals surface area contributed by atoms with Gasteiger partial charge in [0, 0.05) is 43.1 Å². The van der Waals surface area contributed by atoms with Gasteiger partial charge in [0.25, 0.3) is 0 Å². The average molecular weight is 331 g/mol. The van der Waals surface area contributed by atoms with E-state index in [0.717, 1.165) is 25.5 Å². The highest BCUT2D eigenvalue weighted by molar-refractivity contribution is 7.11. The zero-order chi connectivity index (χ0) is 16.7. The van der Waals surface area contributed by atoms with Crippen molar-refractivity contribution in [3.05, 3.63) is 51.7 Å². The summed E-state index contributed by atoms with van der Waals surface area (Å²) in [6, 6.07) is 12.9. The summed E-state index contributed by atoms with van der Waals surface area (Å²) in [5.74, 6) is 0.826. The molecule has 0 amide bonds. The first kappa shape index (κ1) is 17.3. The average Bonchev–Trinajstić information content (AvgIpc) is 3.03. The van der Waals surface area contributed by atoms with Crippen LogP contribution in [-0.2, 0) is 19.5 Å². The van der Waals surface area contributed by atoms with Gasteiger partial charge in [0.1, 0.15) is 0 Å². The fraction of sp³-hybridized carbons (Fsp3) is 0.389. The fourth-order valence-corrected chi connectivity index (χ4v) is 3.13. The molecule has 0 saturated carbocycles. The van der Waals surface area contributed by atoms with Crippen LogP contribution in [0.4, 0.5) is 5.69 Å². The van der Waals surface area contributed by atoms with Gasteiger partial charge < -0.3 is 15.5 Å². The Morgan fingerprint density at radius 2 is 1.83 bits per heavy atom. The van der Waals surface area contributed by atoms with E-state index in [9.17, 15) is 0 Å². The first-order valence-corrected chi connectivity index (χ1v) is 8.72. The summed E-state index contributed by atoms with van der Waals surface area (Å²) in [7, 11) is 5.91. The minimum atomic E-state index is 0.756. The molecule has 0 spiro atoms. The van der Waals surface area contributed by atoms with Gasteiger partial charge in [-0.15, -0.1) is 11.3 Å². The van der Waals surface area contributed by atoms with Crippen molar-refractivity contribution in [2.75, 3.05) is 26.0 Å². The molecule has 2 aromatic rings. The SMILES string of the molecule is CCc1ccc(CNC(=NC)NCc2cccc(N(C)C)c2)s1. The molecule has 124 valence electrons. The second-order valence-electron chi connectivity index (χ2n) is 5.57. The third kappa shape index (κ3) is 5.28. The minimum Gasteiger partial charge on any atom is -0.378 e. The van der Waals surface area contributed by atoms with Crippen molar-refractivity contribution in [2.24, 2.45) is 4.99 Å². The molecule has 0 aliphatic rings. The molecular formula is C18H26N4S. The highest BCUT2D eigenvalue weighted by atomic mass is 32.1. The Morgan fingerprint density at radius 1 is 1.09 bits per heavy atom. The van der Waals surface area contributed by atoms with Crippen molar-refractivity contribution in [1.82, 2.24) is 10.6 Å². The van der Waals surface area contributed by atoms with E-state index in [0.29, 0.717) is 0 Å². The molecule has 0 radical (unpaired) electrons. The van der Waals surface area contributed by atoms with Crippen molar-refractivity contribution >= 4 is 23.0 Å². The molecule has 1 heterocycles. The van der Waals surface area contributed by atoms with Crippen molar-refractivity contribution in [2.45, 2.75) is 26.4 Å². The van der Waals surface area contributed by atoms with E-state index in [1.807, 2.05) is 11.3 Å². The lowest BCUT2D eigenvalue weighted by molar-refractivity contribution is 0.815. The maximum atomic E-state index is 4.29. The van der Waals surface area contributed by atoms with Gasteiger partial charge in [0.05, 0.1) is 6.54 Å². The van der Waals surface area contributed by atoms with Crippen LogP contribution in [0, 0.1) is 0 Å². The Bertz CT molecular complexity index is 646. The number of rotatable bonds is 6. The summed E-state index contributed by atoms with van der Waals surface area (Å²) < 4.78 is 0. The van der Waals surface area contributed by atoms with Gasteiger partial charge in [0.2, 0.25) is 0 Å². The molecule has 2 N–H and O–H groups in total. The zero-order valence-corrected chi connectivity index (χ0v) is 15.2. The molecule has 1 aromatic carbocycles. The fourth-order valence-electron chi connectivity index (χ4n) is 2.23. The quantitative estimate of drug-likeness (QED) is 0.631. The Labute approximate surface area is 143 Å². The zero-order valence-electron chi connectivity index (χ0n) is 14.4. The number of hydrogen-bond donors (Lipinski definition) is 2. The van der Waals surface area contributed by atoms with Crippen molar-refractivity contribution < 1.29 is 0 Å². The molecule has 0 bridgehead atoms. The number of guanidine groups is 1. The van der Waals surface area contributed by atoms with E-state index in [-0.39, 0.29) is 0 Å². The second kappa shape index (κ2) is 8.58. The van der Waals surface area contributed by atoms with Gasteiger partial charge in [-0.2, -0.15) is 0 Å². The molecule has 23 heavy (non-hydrogen) atoms. The Morgan fingerprint density at radius 3 is 2.48 bits per heavy atom. The highest BCUT2D eigenvalue weighted by Crippen LogP contribution is 2.16. The van der Waals surface area contributed by atoms with Crippen LogP contribution >= 0.6 is 11.3 Å². The Balaban J connectivity index is 1.86. The second-order valence-corrected chi connectivity index (χ2v) is 6.82. The standard InChI is InChI=1S/C18H26N4S/c1-5-16-9-10-17(23-16)13-21-18(19-2)20-12-14-7-6-8-15(11-14)22(3)4/h6-11H,5,12-13H2,1-4H3,(H2,19,20,21). The normalized spacial score (nSPS) is 11.4. The summed E-state index contributed by atoms with van der Waals surface area (Å²) in [6.07, 6.45) is 1.10. The molecule has 1 aromatic heterocycles. The van der Waals surface area contributed by atoms with Gasteiger partial charge >= 0.3 is 0 Å². The van der Waals surface area contributed by atoms with Crippen LogP contribution in [0.5, 0.6) is 0 Å². The Kier molecular flexibility index (Phi) is 6.47. The number of thiophene rings is 1. The van der Waals surface area contributed by atoms with E-state index < -0.39 is 0 Å². The molecule has 0 unspecified atom stereocenters. The van der Waals surface area contributed by atoms with Crippen molar-refractivity contribution in [1.29, 1.82) is 0 Å². The monoisotopic (exact) mass is 330 g/mol. The third-order valence-electron chi connectivity index (χ3n) is 3.61. The molecular weight excluding hydrogens is 304 g/mol. The topological polar surface area (TPSA) is 39.7 Å². The van der Waals surface area contributed by atoms with Crippen LogP contribution in [-0.4, -0.2) is 27.1 Å². The lowest BCUT2D eigenvalue weighted by Gasteiger charge is -2.15. The van der Waals surface area contributed by atoms with Gasteiger partial charge in [-0.1, -0.05) is 19.1 Å². The summed E-state index contributed by atoms with van der Waals surface area (Å²) in [4.78, 5) is 9.16. The first-order valence-electron chi connectivity index (χ1n) is 7.90. The lowest BCUT2D eigenvalue weighted by atomic mass is 10.2. The maximum absolute atomic E-state index is 4.29. The van der Waals surface area contributed by atoms with Gasteiger partial charge in [-0.3, -0.25) is 4.99 Å². The first-order chi connectivity index (χ1) is 11.1. The van der Waals surface area contributed by atoms with Crippen molar-refractivity contribution in [3.8, 4) is 0 Å². The molecule has 5 heteroatoms. The van der Waals surface area contributed by atoms with E-state index in [1.54, 1.807) is 7.05 Å².